The summed E-state index contributed by atoms with van der Waals surface area (Å²) in [4.78, 5) is 22.8. The molecule has 8 heteroatoms. The number of amides is 1. The lowest BCUT2D eigenvalue weighted by Gasteiger charge is -2.20. The number of carboxylic acids is 1. The molecule has 25 heavy (non-hydrogen) atoms. The summed E-state index contributed by atoms with van der Waals surface area (Å²) >= 11 is 0. The minimum atomic E-state index is -4.70. The fourth-order valence-corrected chi connectivity index (χ4v) is 2.35. The van der Waals surface area contributed by atoms with Crippen molar-refractivity contribution in [1.29, 1.82) is 0 Å². The number of aryl methyl sites for hydroxylation is 1. The van der Waals surface area contributed by atoms with E-state index in [1.54, 1.807) is 12.1 Å². The van der Waals surface area contributed by atoms with Crippen LogP contribution in [-0.2, 0) is 9.59 Å². The Morgan fingerprint density at radius 1 is 1.24 bits per heavy atom. The monoisotopic (exact) mass is 361 g/mol. The second kappa shape index (κ2) is 8.22. The molecule has 140 valence electrons. The van der Waals surface area contributed by atoms with Crippen molar-refractivity contribution in [3.05, 3.63) is 29.3 Å². The molecule has 0 fully saturated rings. The molecule has 2 N–H and O–H groups in total. The number of hydrogen-bond acceptors (Lipinski definition) is 3. The number of carbonyl (C=O) groups is 2. The lowest BCUT2D eigenvalue weighted by molar-refractivity contribution is -0.160. The topological polar surface area (TPSA) is 75.6 Å². The van der Waals surface area contributed by atoms with Gasteiger partial charge in [0.2, 0.25) is 0 Å². The summed E-state index contributed by atoms with van der Waals surface area (Å²) in [6.07, 6.45) is -7.49. The van der Waals surface area contributed by atoms with Gasteiger partial charge in [-0.05, 0) is 43.0 Å². The number of rotatable bonds is 7. The maximum Gasteiger partial charge on any atom is 0.391 e. The smallest absolute Gasteiger partial charge is 0.391 e. The van der Waals surface area contributed by atoms with Crippen molar-refractivity contribution >= 4 is 11.9 Å². The van der Waals surface area contributed by atoms with Crippen molar-refractivity contribution < 1.29 is 32.6 Å². The molecule has 0 aromatic heterocycles. The van der Waals surface area contributed by atoms with E-state index >= 15 is 0 Å². The first-order chi connectivity index (χ1) is 11.4. The minimum Gasteiger partial charge on any atom is -0.481 e. The van der Waals surface area contributed by atoms with Crippen molar-refractivity contribution in [2.75, 3.05) is 0 Å². The van der Waals surface area contributed by atoms with E-state index in [0.29, 0.717) is 11.7 Å². The lowest BCUT2D eigenvalue weighted by atomic mass is 9.98. The molecule has 0 bridgehead atoms. The van der Waals surface area contributed by atoms with E-state index in [1.807, 2.05) is 32.2 Å². The predicted octanol–water partition coefficient (Wildman–Crippen LogP) is 3.41. The number of benzene rings is 1. The van der Waals surface area contributed by atoms with Gasteiger partial charge in [0.15, 0.2) is 6.10 Å². The van der Waals surface area contributed by atoms with Gasteiger partial charge in [0.05, 0.1) is 6.42 Å². The highest BCUT2D eigenvalue weighted by Gasteiger charge is 2.37. The molecule has 0 radical (unpaired) electrons. The highest BCUT2D eigenvalue weighted by Crippen LogP contribution is 2.24. The van der Waals surface area contributed by atoms with Crippen LogP contribution in [-0.4, -0.2) is 35.3 Å². The van der Waals surface area contributed by atoms with Crippen molar-refractivity contribution in [3.63, 3.8) is 0 Å². The van der Waals surface area contributed by atoms with Gasteiger partial charge in [0.25, 0.3) is 5.91 Å². The third-order valence-corrected chi connectivity index (χ3v) is 3.60. The van der Waals surface area contributed by atoms with Crippen LogP contribution in [0.4, 0.5) is 13.2 Å². The maximum absolute atomic E-state index is 12.4. The molecule has 1 aromatic carbocycles. The SMILES string of the molecule is Cc1cc(OC(C)C(=O)NC(CC(F)(F)F)C(=O)O)ccc1C(C)C. The van der Waals surface area contributed by atoms with Gasteiger partial charge in [0, 0.05) is 0 Å². The Labute approximate surface area is 144 Å². The predicted molar refractivity (Wildman–Crippen MR) is 85.6 cm³/mol. The van der Waals surface area contributed by atoms with Crippen molar-refractivity contribution in [1.82, 2.24) is 5.32 Å². The molecule has 0 saturated heterocycles. The second-order valence-corrected chi connectivity index (χ2v) is 6.15. The number of halogens is 3. The van der Waals surface area contributed by atoms with Gasteiger partial charge in [-0.15, -0.1) is 0 Å². The summed E-state index contributed by atoms with van der Waals surface area (Å²) in [5.74, 6) is -1.99. The normalized spacial score (nSPS) is 14.1. The Balaban J connectivity index is 2.76. The highest BCUT2D eigenvalue weighted by molar-refractivity contribution is 5.86. The number of carboxylic acid groups (broad SMARTS) is 1. The molecule has 5 nitrogen and oxygen atoms in total. The standard InChI is InChI=1S/C17H22F3NO4/c1-9(2)13-6-5-12(7-10(13)3)25-11(4)15(22)21-14(16(23)24)8-17(18,19)20/h5-7,9,11,14H,8H2,1-4H3,(H,21,22)(H,23,24). The molecule has 0 aliphatic carbocycles. The molecule has 1 amide bonds. The maximum atomic E-state index is 12.4. The Bertz CT molecular complexity index is 629. The van der Waals surface area contributed by atoms with E-state index in [9.17, 15) is 22.8 Å². The van der Waals surface area contributed by atoms with Crippen molar-refractivity contribution in [3.8, 4) is 5.75 Å². The molecule has 1 rings (SSSR count). The average Bonchev–Trinajstić information content (AvgIpc) is 2.44. The lowest BCUT2D eigenvalue weighted by Crippen LogP contribution is -2.48. The highest BCUT2D eigenvalue weighted by atomic mass is 19.4. The molecule has 0 aliphatic rings. The second-order valence-electron chi connectivity index (χ2n) is 6.15. The van der Waals surface area contributed by atoms with Crippen LogP contribution in [0.15, 0.2) is 18.2 Å². The largest absolute Gasteiger partial charge is 0.481 e. The molecule has 0 spiro atoms. The van der Waals surface area contributed by atoms with Crippen LogP contribution < -0.4 is 10.1 Å². The fraction of sp³-hybridized carbons (Fsp3) is 0.529. The van der Waals surface area contributed by atoms with Crippen LogP contribution in [0.5, 0.6) is 5.75 Å². The van der Waals surface area contributed by atoms with E-state index in [1.165, 1.54) is 6.92 Å². The van der Waals surface area contributed by atoms with E-state index in [0.717, 1.165) is 11.1 Å². The van der Waals surface area contributed by atoms with Gasteiger partial charge in [-0.2, -0.15) is 13.2 Å². The van der Waals surface area contributed by atoms with Crippen molar-refractivity contribution in [2.45, 2.75) is 58.4 Å². The molecule has 2 atom stereocenters. The zero-order valence-electron chi connectivity index (χ0n) is 14.5. The number of alkyl halides is 3. The zero-order chi connectivity index (χ0) is 19.4. The quantitative estimate of drug-likeness (QED) is 0.780. The third kappa shape index (κ3) is 6.64. The molecular formula is C17H22F3NO4. The molecule has 2 unspecified atom stereocenters. The van der Waals surface area contributed by atoms with Gasteiger partial charge in [0.1, 0.15) is 11.8 Å². The van der Waals surface area contributed by atoms with Gasteiger partial charge in [-0.3, -0.25) is 4.79 Å². The van der Waals surface area contributed by atoms with E-state index in [2.05, 4.69) is 0 Å². The third-order valence-electron chi connectivity index (χ3n) is 3.60. The van der Waals surface area contributed by atoms with E-state index in [4.69, 9.17) is 9.84 Å². The molecule has 0 aliphatic heterocycles. The first kappa shape index (κ1) is 20.8. The van der Waals surface area contributed by atoms with E-state index < -0.39 is 36.6 Å². The molecule has 0 saturated carbocycles. The van der Waals surface area contributed by atoms with Gasteiger partial charge >= 0.3 is 12.1 Å². The number of aliphatic carboxylic acids is 1. The zero-order valence-corrected chi connectivity index (χ0v) is 14.5. The summed E-state index contributed by atoms with van der Waals surface area (Å²) in [6.45, 7) is 7.29. The summed E-state index contributed by atoms with van der Waals surface area (Å²) in [6, 6.07) is 3.19. The molecular weight excluding hydrogens is 339 g/mol. The summed E-state index contributed by atoms with van der Waals surface area (Å²) < 4.78 is 42.5. The van der Waals surface area contributed by atoms with Crippen LogP contribution in [0.1, 0.15) is 44.2 Å². The number of nitrogens with one attached hydrogen (secondary N) is 1. The molecule has 0 heterocycles. The van der Waals surface area contributed by atoms with Gasteiger partial charge in [-0.25, -0.2) is 4.79 Å². The number of ether oxygens (including phenoxy) is 1. The summed E-state index contributed by atoms with van der Waals surface area (Å²) in [5.41, 5.74) is 2.07. The Hall–Kier alpha value is -2.25. The Morgan fingerprint density at radius 2 is 1.84 bits per heavy atom. The molecule has 1 aromatic rings. The fourth-order valence-electron chi connectivity index (χ4n) is 2.35. The number of carbonyl (C=O) groups excluding carboxylic acids is 1. The average molecular weight is 361 g/mol. The van der Waals surface area contributed by atoms with Crippen LogP contribution in [0, 0.1) is 6.92 Å². The minimum absolute atomic E-state index is 0.313. The van der Waals surface area contributed by atoms with E-state index in [-0.39, 0.29) is 0 Å². The summed E-state index contributed by atoms with van der Waals surface area (Å²) in [7, 11) is 0. The number of hydrogen-bond donors (Lipinski definition) is 2. The van der Waals surface area contributed by atoms with Crippen LogP contribution in [0.2, 0.25) is 0 Å². The first-order valence-corrected chi connectivity index (χ1v) is 7.78. The van der Waals surface area contributed by atoms with Crippen molar-refractivity contribution in [2.24, 2.45) is 0 Å². The van der Waals surface area contributed by atoms with Gasteiger partial charge < -0.3 is 15.2 Å². The Morgan fingerprint density at radius 3 is 2.28 bits per heavy atom. The summed E-state index contributed by atoms with van der Waals surface area (Å²) in [5, 5.41) is 10.7. The van der Waals surface area contributed by atoms with Crippen LogP contribution >= 0.6 is 0 Å². The van der Waals surface area contributed by atoms with Gasteiger partial charge in [-0.1, -0.05) is 19.9 Å². The first-order valence-electron chi connectivity index (χ1n) is 7.78. The Kier molecular flexibility index (Phi) is 6.84. The van der Waals surface area contributed by atoms with Crippen LogP contribution in [0.25, 0.3) is 0 Å². The van der Waals surface area contributed by atoms with Crippen LogP contribution in [0.3, 0.4) is 0 Å².